The van der Waals surface area contributed by atoms with Gasteiger partial charge in [0.05, 0.1) is 0 Å². The third-order valence-corrected chi connectivity index (χ3v) is 11.1. The van der Waals surface area contributed by atoms with Gasteiger partial charge in [-0.3, -0.25) is 0 Å². The number of aromatic nitrogens is 9. The predicted octanol–water partition coefficient (Wildman–Crippen LogP) is 11.1. The van der Waals surface area contributed by atoms with Crippen LogP contribution in [0.5, 0.6) is 23.0 Å². The fourth-order valence-electron chi connectivity index (χ4n) is 8.37. The summed E-state index contributed by atoms with van der Waals surface area (Å²) in [7, 11) is 0. The first kappa shape index (κ1) is 41.0. The van der Waals surface area contributed by atoms with Crippen LogP contribution in [0, 0.1) is 45.0 Å². The van der Waals surface area contributed by atoms with Crippen LogP contribution in [0.25, 0.3) is 83.0 Å². The van der Waals surface area contributed by atoms with Gasteiger partial charge in [0.2, 0.25) is 0 Å². The van der Waals surface area contributed by atoms with E-state index in [-0.39, 0.29) is 48.1 Å². The quantitative estimate of drug-likeness (QED) is 0.145. The van der Waals surface area contributed by atoms with Gasteiger partial charge in [0, 0.05) is 46.4 Å². The second kappa shape index (κ2) is 16.2. The van der Waals surface area contributed by atoms with Gasteiger partial charge in [-0.1, -0.05) is 58.5 Å². The second-order valence-electron chi connectivity index (χ2n) is 15.2. The van der Waals surface area contributed by atoms with Crippen LogP contribution in [-0.4, -0.2) is 44.1 Å². The van der Waals surface area contributed by atoms with Gasteiger partial charge in [-0.15, -0.1) is 79.7 Å². The first-order valence-corrected chi connectivity index (χ1v) is 20.0. The number of benzene rings is 6. The van der Waals surface area contributed by atoms with Gasteiger partial charge in [-0.2, -0.15) is 35.0 Å². The minimum absolute atomic E-state index is 0. The van der Waals surface area contributed by atoms with Crippen LogP contribution in [0.1, 0.15) is 17.0 Å². The average Bonchev–Trinajstić information content (AvgIpc) is 3.91. The molecule has 0 aliphatic carbocycles. The van der Waals surface area contributed by atoms with Crippen molar-refractivity contribution in [2.45, 2.75) is 20.8 Å². The maximum Gasteiger partial charge on any atom is 2.00 e. The van der Waals surface area contributed by atoms with E-state index in [2.05, 4.69) is 116 Å². The number of para-hydroxylation sites is 2. The Morgan fingerprint density at radius 3 is 1.19 bits per heavy atom. The Hall–Kier alpha value is -7.06. The van der Waals surface area contributed by atoms with E-state index in [0.717, 1.165) is 77.1 Å². The first-order chi connectivity index (χ1) is 30.4. The molecule has 0 bridgehead atoms. The van der Waals surface area contributed by atoms with Gasteiger partial charge in [0.1, 0.15) is 11.6 Å². The van der Waals surface area contributed by atoms with E-state index in [1.165, 1.54) is 0 Å². The molecule has 0 saturated carbocycles. The van der Waals surface area contributed by atoms with Gasteiger partial charge in [-0.25, -0.2) is 9.97 Å². The zero-order chi connectivity index (χ0) is 41.5. The molecule has 312 valence electrons. The fourth-order valence-corrected chi connectivity index (χ4v) is 8.37. The Labute approximate surface area is 394 Å². The molecule has 6 aromatic heterocycles. The van der Waals surface area contributed by atoms with Crippen molar-refractivity contribution in [1.29, 1.82) is 0 Å². The molecule has 13 heteroatoms. The maximum atomic E-state index is 6.54. The molecule has 0 saturated heterocycles. The van der Waals surface area contributed by atoms with E-state index >= 15 is 0 Å². The third kappa shape index (κ3) is 6.83. The average molecular weight is 1190 g/mol. The number of pyridine rings is 2. The Balaban J connectivity index is 0.00000242. The summed E-state index contributed by atoms with van der Waals surface area (Å²) in [6, 6.07) is 54.5. The van der Waals surface area contributed by atoms with Crippen molar-refractivity contribution < 1.29 is 51.6 Å². The SMILES string of the molecule is Cc1ccnc(-n2c3[c-]c(Oc4[c-]c5c(cc4)c4ccc(Oc6[c-]c7c(cc6)c6ccccc6n7-c6cc(C)ccn6)[c-]c4n5-c4nnc(C)nn4)ccc3c3ccccc32)c1.[Pt+2].[Pt+2]. The van der Waals surface area contributed by atoms with Gasteiger partial charge >= 0.3 is 42.1 Å². The van der Waals surface area contributed by atoms with Crippen molar-refractivity contribution >= 4 is 65.4 Å². The van der Waals surface area contributed by atoms with E-state index < -0.39 is 0 Å². The van der Waals surface area contributed by atoms with Crippen molar-refractivity contribution in [3.8, 4) is 40.6 Å². The van der Waals surface area contributed by atoms with Crippen LogP contribution in [0.3, 0.4) is 0 Å². The number of ether oxygens (including phenoxy) is 2. The summed E-state index contributed by atoms with van der Waals surface area (Å²) in [5.74, 6) is 4.31. The summed E-state index contributed by atoms with van der Waals surface area (Å²) in [4.78, 5) is 9.43. The standard InChI is InChI=1S/C51H31N9O2.2Pt/c1-30-20-22-52-49(24-30)58-43-10-6-4-8-37(43)39-16-12-33(26-45(39)58)61-35-14-18-41-42-19-15-36(29-48(42)60(47(41)28-35)51-56-54-32(3)55-57-51)62-34-13-17-40-38-9-5-7-11-44(38)59(46(40)27-34)50-25-31(2)21-23-53-50;;/h4-25H,1-3H3;;/q-4;2*+2. The van der Waals surface area contributed by atoms with E-state index in [9.17, 15) is 0 Å². The van der Waals surface area contributed by atoms with E-state index in [0.29, 0.717) is 39.9 Å². The molecule has 0 fully saturated rings. The molecule has 0 aliphatic rings. The van der Waals surface area contributed by atoms with Crippen LogP contribution in [0.15, 0.2) is 134 Å². The molecule has 0 unspecified atom stereocenters. The van der Waals surface area contributed by atoms with Crippen molar-refractivity contribution in [3.63, 3.8) is 0 Å². The fraction of sp³-hybridized carbons (Fsp3) is 0.0588. The minimum Gasteiger partial charge on any atom is -0.509 e. The molecule has 0 N–H and O–H groups in total. The molecular formula is C51H31N9O2Pt2. The van der Waals surface area contributed by atoms with E-state index in [1.807, 2.05) is 89.8 Å². The van der Waals surface area contributed by atoms with Crippen LogP contribution in [0.4, 0.5) is 0 Å². The third-order valence-electron chi connectivity index (χ3n) is 11.1. The minimum atomic E-state index is 0. The molecule has 64 heavy (non-hydrogen) atoms. The Morgan fingerprint density at radius 2 is 0.781 bits per heavy atom. The Bertz CT molecular complexity index is 3540. The molecule has 6 heterocycles. The van der Waals surface area contributed by atoms with Crippen molar-refractivity contribution in [1.82, 2.24) is 44.1 Å². The summed E-state index contributed by atoms with van der Waals surface area (Å²) in [6.45, 7) is 5.87. The summed E-state index contributed by atoms with van der Waals surface area (Å²) < 4.78 is 19.2. The van der Waals surface area contributed by atoms with Gasteiger partial charge in [0.25, 0.3) is 5.95 Å². The molecule has 12 aromatic rings. The van der Waals surface area contributed by atoms with E-state index in [1.54, 1.807) is 6.92 Å². The summed E-state index contributed by atoms with van der Waals surface area (Å²) in [6.07, 6.45) is 3.65. The molecule has 0 amide bonds. The number of hydrogen-bond donors (Lipinski definition) is 0. The van der Waals surface area contributed by atoms with Gasteiger partial charge in [0.15, 0.2) is 5.82 Å². The molecule has 11 nitrogen and oxygen atoms in total. The largest absolute Gasteiger partial charge is 2.00 e. The number of nitrogens with zero attached hydrogens (tertiary/aromatic N) is 9. The normalized spacial score (nSPS) is 11.4. The zero-order valence-electron chi connectivity index (χ0n) is 34.2. The van der Waals surface area contributed by atoms with Crippen molar-refractivity contribution in [2.24, 2.45) is 0 Å². The summed E-state index contributed by atoms with van der Waals surface area (Å²) in [5.41, 5.74) is 7.31. The molecule has 12 rings (SSSR count). The molecule has 6 aromatic carbocycles. The Kier molecular flexibility index (Phi) is 10.4. The molecule has 0 radical (unpaired) electrons. The predicted molar refractivity (Wildman–Crippen MR) is 239 cm³/mol. The van der Waals surface area contributed by atoms with E-state index in [4.69, 9.17) is 19.4 Å². The van der Waals surface area contributed by atoms with Crippen LogP contribution in [-0.2, 0) is 42.1 Å². The topological polar surface area (TPSA) is 111 Å². The summed E-state index contributed by atoms with van der Waals surface area (Å²) >= 11 is 0. The monoisotopic (exact) mass is 1190 g/mol. The van der Waals surface area contributed by atoms with Crippen LogP contribution in [0.2, 0.25) is 0 Å². The molecule has 0 atom stereocenters. The Morgan fingerprint density at radius 1 is 0.406 bits per heavy atom. The van der Waals surface area contributed by atoms with Crippen LogP contribution < -0.4 is 9.47 Å². The van der Waals surface area contributed by atoms with Crippen LogP contribution >= 0.6 is 0 Å². The zero-order valence-corrected chi connectivity index (χ0v) is 38.7. The number of aryl methyl sites for hydroxylation is 3. The maximum absolute atomic E-state index is 6.54. The molecule has 0 aliphatic heterocycles. The number of hydrogen-bond acceptors (Lipinski definition) is 8. The summed E-state index contributed by atoms with van der Waals surface area (Å²) in [5, 5.41) is 23.4. The number of fused-ring (bicyclic) bond motifs is 9. The first-order valence-electron chi connectivity index (χ1n) is 20.0. The molecular weight excluding hydrogens is 1160 g/mol. The van der Waals surface area contributed by atoms with Crippen molar-refractivity contribution in [2.75, 3.05) is 0 Å². The number of rotatable bonds is 7. The smallest absolute Gasteiger partial charge is 0.509 e. The van der Waals surface area contributed by atoms with Gasteiger partial charge < -0.3 is 23.2 Å². The van der Waals surface area contributed by atoms with Crippen molar-refractivity contribution in [3.05, 3.63) is 175 Å². The van der Waals surface area contributed by atoms with Gasteiger partial charge in [-0.05, 0) is 79.1 Å². The molecule has 0 spiro atoms. The second-order valence-corrected chi connectivity index (χ2v) is 15.2.